The van der Waals surface area contributed by atoms with Crippen LogP contribution in [0.2, 0.25) is 0 Å². The molecule has 0 bridgehead atoms. The third kappa shape index (κ3) is 2.48. The Morgan fingerprint density at radius 1 is 0.958 bits per heavy atom. The van der Waals surface area contributed by atoms with Crippen molar-refractivity contribution in [3.63, 3.8) is 0 Å². The van der Waals surface area contributed by atoms with Crippen LogP contribution in [0.5, 0.6) is 23.0 Å². The Morgan fingerprint density at radius 2 is 1.79 bits per heavy atom. The van der Waals surface area contributed by atoms with Gasteiger partial charge in [-0.25, -0.2) is 0 Å². The molecule has 1 aromatic heterocycles. The van der Waals surface area contributed by atoms with Crippen LogP contribution in [0.3, 0.4) is 0 Å². The first-order chi connectivity index (χ1) is 11.8. The molecule has 0 saturated carbocycles. The van der Waals surface area contributed by atoms with Crippen molar-refractivity contribution in [3.8, 4) is 23.0 Å². The van der Waals surface area contributed by atoms with Gasteiger partial charge in [0.15, 0.2) is 11.5 Å². The van der Waals surface area contributed by atoms with E-state index in [4.69, 9.17) is 14.2 Å². The van der Waals surface area contributed by atoms with Gasteiger partial charge in [-0.05, 0) is 42.3 Å². The molecule has 0 unspecified atom stereocenters. The first-order valence-corrected chi connectivity index (χ1v) is 7.84. The van der Waals surface area contributed by atoms with Crippen LogP contribution in [-0.4, -0.2) is 25.7 Å². The van der Waals surface area contributed by atoms with Crippen molar-refractivity contribution in [1.29, 1.82) is 0 Å². The van der Waals surface area contributed by atoms with Gasteiger partial charge in [-0.15, -0.1) is 0 Å². The van der Waals surface area contributed by atoms with E-state index in [0.717, 1.165) is 35.4 Å². The molecule has 5 heteroatoms. The van der Waals surface area contributed by atoms with Crippen LogP contribution < -0.4 is 19.5 Å². The normalized spacial score (nSPS) is 12.6. The maximum atomic E-state index is 6.13. The van der Waals surface area contributed by atoms with Crippen LogP contribution in [0.25, 0.3) is 10.9 Å². The Kier molecular flexibility index (Phi) is 3.61. The zero-order chi connectivity index (χ0) is 16.5. The minimum atomic E-state index is 0.651. The van der Waals surface area contributed by atoms with Gasteiger partial charge in [0.2, 0.25) is 0 Å². The lowest BCUT2D eigenvalue weighted by atomic mass is 10.1. The van der Waals surface area contributed by atoms with Gasteiger partial charge in [-0.3, -0.25) is 4.98 Å². The highest BCUT2D eigenvalue weighted by Gasteiger charge is 2.13. The molecule has 1 aliphatic heterocycles. The van der Waals surface area contributed by atoms with Crippen LogP contribution in [-0.2, 0) is 6.42 Å². The zero-order valence-electron chi connectivity index (χ0n) is 13.6. The van der Waals surface area contributed by atoms with Gasteiger partial charge in [-0.1, -0.05) is 0 Å². The average molecular weight is 322 g/mol. The number of anilines is 1. The number of hydrogen-bond donors (Lipinski definition) is 1. The Hall–Kier alpha value is -2.95. The van der Waals surface area contributed by atoms with E-state index < -0.39 is 0 Å². The van der Waals surface area contributed by atoms with E-state index in [1.807, 2.05) is 24.3 Å². The lowest BCUT2D eigenvalue weighted by molar-refractivity contribution is 0.355. The molecule has 0 saturated heterocycles. The summed E-state index contributed by atoms with van der Waals surface area (Å²) < 4.78 is 16.9. The summed E-state index contributed by atoms with van der Waals surface area (Å²) in [6.07, 6.45) is 2.76. The van der Waals surface area contributed by atoms with E-state index in [9.17, 15) is 0 Å². The van der Waals surface area contributed by atoms with Crippen molar-refractivity contribution in [2.75, 3.05) is 26.1 Å². The lowest BCUT2D eigenvalue weighted by Crippen LogP contribution is -1.93. The number of benzene rings is 2. The van der Waals surface area contributed by atoms with E-state index in [-0.39, 0.29) is 0 Å². The lowest BCUT2D eigenvalue weighted by Gasteiger charge is -2.13. The molecule has 0 amide bonds. The molecule has 4 rings (SSSR count). The summed E-state index contributed by atoms with van der Waals surface area (Å²) in [7, 11) is 3.23. The standard InChI is InChI=1S/C19H18N2O3/c1-22-18-10-14-16(11-19(18)23-2)21-8-6-17(14)24-13-3-4-15-12(9-13)5-7-20-15/h3-4,6,8-11,20H,5,7H2,1-2H3. The van der Waals surface area contributed by atoms with Gasteiger partial charge < -0.3 is 19.5 Å². The van der Waals surface area contributed by atoms with Gasteiger partial charge in [0.05, 0.1) is 19.7 Å². The smallest absolute Gasteiger partial charge is 0.162 e. The van der Waals surface area contributed by atoms with Crippen LogP contribution >= 0.6 is 0 Å². The summed E-state index contributed by atoms with van der Waals surface area (Å²) in [5, 5.41) is 4.24. The van der Waals surface area contributed by atoms with Crippen molar-refractivity contribution in [2.24, 2.45) is 0 Å². The Morgan fingerprint density at radius 3 is 2.62 bits per heavy atom. The first-order valence-electron chi connectivity index (χ1n) is 7.84. The topological polar surface area (TPSA) is 52.6 Å². The van der Waals surface area contributed by atoms with Gasteiger partial charge >= 0.3 is 0 Å². The Balaban J connectivity index is 1.76. The highest BCUT2D eigenvalue weighted by atomic mass is 16.5. The van der Waals surface area contributed by atoms with Gasteiger partial charge in [-0.2, -0.15) is 0 Å². The fourth-order valence-corrected chi connectivity index (χ4v) is 3.01. The third-order valence-electron chi connectivity index (χ3n) is 4.22. The molecule has 0 fully saturated rings. The minimum Gasteiger partial charge on any atom is -0.493 e. The van der Waals surface area contributed by atoms with Crippen LogP contribution in [0.1, 0.15) is 5.56 Å². The largest absolute Gasteiger partial charge is 0.493 e. The second-order valence-electron chi connectivity index (χ2n) is 5.63. The number of rotatable bonds is 4. The van der Waals surface area contributed by atoms with Gasteiger partial charge in [0.1, 0.15) is 11.5 Å². The fraction of sp³-hybridized carbons (Fsp3) is 0.211. The summed E-state index contributed by atoms with van der Waals surface area (Å²) in [6, 6.07) is 11.7. The summed E-state index contributed by atoms with van der Waals surface area (Å²) >= 11 is 0. The van der Waals surface area contributed by atoms with E-state index in [0.29, 0.717) is 11.5 Å². The van der Waals surface area contributed by atoms with Crippen LogP contribution in [0, 0.1) is 0 Å². The SMILES string of the molecule is COc1cc2nccc(Oc3ccc4c(c3)CCN4)c2cc1OC. The molecule has 0 aliphatic carbocycles. The first kappa shape index (κ1) is 14.6. The third-order valence-corrected chi connectivity index (χ3v) is 4.22. The summed E-state index contributed by atoms with van der Waals surface area (Å²) in [5.74, 6) is 2.87. The molecule has 122 valence electrons. The van der Waals surface area contributed by atoms with Crippen molar-refractivity contribution in [2.45, 2.75) is 6.42 Å². The maximum Gasteiger partial charge on any atom is 0.162 e. The van der Waals surface area contributed by atoms with Crippen molar-refractivity contribution in [3.05, 3.63) is 48.2 Å². The molecule has 0 atom stereocenters. The van der Waals surface area contributed by atoms with Crippen molar-refractivity contribution in [1.82, 2.24) is 4.98 Å². The molecule has 1 N–H and O–H groups in total. The molecule has 2 heterocycles. The highest BCUT2D eigenvalue weighted by Crippen LogP contribution is 2.37. The quantitative estimate of drug-likeness (QED) is 0.786. The molecule has 2 aromatic carbocycles. The monoisotopic (exact) mass is 322 g/mol. The van der Waals surface area contributed by atoms with Crippen molar-refractivity contribution >= 4 is 16.6 Å². The second kappa shape index (κ2) is 5.92. The number of aromatic nitrogens is 1. The molecule has 24 heavy (non-hydrogen) atoms. The average Bonchev–Trinajstić information content (AvgIpc) is 3.08. The Bertz CT molecular complexity index is 908. The van der Waals surface area contributed by atoms with Crippen LogP contribution in [0.4, 0.5) is 5.69 Å². The summed E-state index contributed by atoms with van der Waals surface area (Å²) in [5.41, 5.74) is 3.27. The number of pyridine rings is 1. The van der Waals surface area contributed by atoms with E-state index in [2.05, 4.69) is 22.4 Å². The number of nitrogens with one attached hydrogen (secondary N) is 1. The molecule has 5 nitrogen and oxygen atoms in total. The molecule has 1 aliphatic rings. The zero-order valence-corrected chi connectivity index (χ0v) is 13.6. The predicted octanol–water partition coefficient (Wildman–Crippen LogP) is 4.01. The molecule has 0 radical (unpaired) electrons. The number of methoxy groups -OCH3 is 2. The van der Waals surface area contributed by atoms with Crippen LogP contribution in [0.15, 0.2) is 42.6 Å². The predicted molar refractivity (Wildman–Crippen MR) is 93.6 cm³/mol. The highest BCUT2D eigenvalue weighted by molar-refractivity contribution is 5.88. The van der Waals surface area contributed by atoms with E-state index in [1.54, 1.807) is 20.4 Å². The maximum absolute atomic E-state index is 6.13. The number of hydrogen-bond acceptors (Lipinski definition) is 5. The van der Waals surface area contributed by atoms with Crippen molar-refractivity contribution < 1.29 is 14.2 Å². The second-order valence-corrected chi connectivity index (χ2v) is 5.63. The minimum absolute atomic E-state index is 0.651. The number of nitrogens with zero attached hydrogens (tertiary/aromatic N) is 1. The Labute approximate surface area is 140 Å². The number of ether oxygens (including phenoxy) is 3. The number of fused-ring (bicyclic) bond motifs is 2. The molecular formula is C19H18N2O3. The summed E-state index contributed by atoms with van der Waals surface area (Å²) in [6.45, 7) is 0.980. The fourth-order valence-electron chi connectivity index (χ4n) is 3.01. The molecule has 0 spiro atoms. The summed E-state index contributed by atoms with van der Waals surface area (Å²) in [4.78, 5) is 4.40. The van der Waals surface area contributed by atoms with E-state index >= 15 is 0 Å². The molecule has 3 aromatic rings. The van der Waals surface area contributed by atoms with E-state index in [1.165, 1.54) is 11.3 Å². The van der Waals surface area contributed by atoms with Gasteiger partial charge in [0, 0.05) is 29.9 Å². The van der Waals surface area contributed by atoms with Gasteiger partial charge in [0.25, 0.3) is 0 Å². The molecular weight excluding hydrogens is 304 g/mol.